The Morgan fingerprint density at radius 2 is 2.27 bits per heavy atom. The van der Waals surface area contributed by atoms with Crippen molar-refractivity contribution in [3.05, 3.63) is 0 Å². The maximum atomic E-state index is 10.4. The SMILES string of the molecule is CNC(CCSC)C(=O)O.I. The van der Waals surface area contributed by atoms with E-state index >= 15 is 0 Å². The van der Waals surface area contributed by atoms with Crippen LogP contribution in [0.3, 0.4) is 0 Å². The number of aliphatic carboxylic acids is 1. The van der Waals surface area contributed by atoms with Gasteiger partial charge in [-0.3, -0.25) is 4.79 Å². The van der Waals surface area contributed by atoms with E-state index in [-0.39, 0.29) is 30.0 Å². The number of thioether (sulfide) groups is 1. The van der Waals surface area contributed by atoms with Gasteiger partial charge < -0.3 is 10.4 Å². The molecule has 1 unspecified atom stereocenters. The van der Waals surface area contributed by atoms with Crippen LogP contribution in [0.2, 0.25) is 0 Å². The summed E-state index contributed by atoms with van der Waals surface area (Å²) in [5.41, 5.74) is 0. The van der Waals surface area contributed by atoms with Gasteiger partial charge in [0.15, 0.2) is 0 Å². The molecule has 0 saturated heterocycles. The number of hydrogen-bond donors (Lipinski definition) is 2. The number of carboxylic acid groups (broad SMARTS) is 1. The Bertz CT molecular complexity index is 113. The molecule has 0 fully saturated rings. The molecule has 0 radical (unpaired) electrons. The van der Waals surface area contributed by atoms with Crippen LogP contribution in [0, 0.1) is 0 Å². The number of hydrogen-bond acceptors (Lipinski definition) is 3. The average Bonchev–Trinajstić information content (AvgIpc) is 1.89. The Hall–Kier alpha value is 0.510. The molecule has 0 bridgehead atoms. The predicted octanol–water partition coefficient (Wildman–Crippen LogP) is 1.03. The lowest BCUT2D eigenvalue weighted by Crippen LogP contribution is -2.34. The average molecular weight is 291 g/mol. The topological polar surface area (TPSA) is 49.3 Å². The van der Waals surface area contributed by atoms with Gasteiger partial charge in [-0.15, -0.1) is 24.0 Å². The van der Waals surface area contributed by atoms with Crippen molar-refractivity contribution >= 4 is 41.7 Å². The van der Waals surface area contributed by atoms with Crippen LogP contribution in [0.4, 0.5) is 0 Å². The molecule has 0 aliphatic heterocycles. The lowest BCUT2D eigenvalue weighted by atomic mass is 10.2. The molecule has 2 N–H and O–H groups in total. The molecule has 0 aromatic rings. The summed E-state index contributed by atoms with van der Waals surface area (Å²) in [6.45, 7) is 0. The first-order chi connectivity index (χ1) is 4.72. The zero-order valence-corrected chi connectivity index (χ0v) is 9.81. The van der Waals surface area contributed by atoms with Crippen molar-refractivity contribution in [3.8, 4) is 0 Å². The Morgan fingerprint density at radius 1 is 1.73 bits per heavy atom. The second-order valence-corrected chi connectivity index (χ2v) is 2.95. The highest BCUT2D eigenvalue weighted by molar-refractivity contribution is 14.0. The van der Waals surface area contributed by atoms with E-state index in [9.17, 15) is 4.79 Å². The molecule has 0 aliphatic carbocycles. The largest absolute Gasteiger partial charge is 0.480 e. The minimum absolute atomic E-state index is 0. The summed E-state index contributed by atoms with van der Waals surface area (Å²) in [4.78, 5) is 10.4. The van der Waals surface area contributed by atoms with E-state index in [1.807, 2.05) is 6.26 Å². The molecule has 0 saturated carbocycles. The van der Waals surface area contributed by atoms with Gasteiger partial charge in [0.1, 0.15) is 6.04 Å². The van der Waals surface area contributed by atoms with Crippen molar-refractivity contribution in [1.29, 1.82) is 0 Å². The minimum Gasteiger partial charge on any atom is -0.480 e. The van der Waals surface area contributed by atoms with Crippen molar-refractivity contribution in [3.63, 3.8) is 0 Å². The van der Waals surface area contributed by atoms with Gasteiger partial charge in [0, 0.05) is 0 Å². The van der Waals surface area contributed by atoms with Gasteiger partial charge in [-0.25, -0.2) is 0 Å². The van der Waals surface area contributed by atoms with Crippen molar-refractivity contribution in [2.24, 2.45) is 0 Å². The first-order valence-corrected chi connectivity index (χ1v) is 4.50. The van der Waals surface area contributed by atoms with Crippen molar-refractivity contribution in [1.82, 2.24) is 5.32 Å². The fourth-order valence-corrected chi connectivity index (χ4v) is 1.10. The maximum Gasteiger partial charge on any atom is 0.320 e. The van der Waals surface area contributed by atoms with Gasteiger partial charge in [0.05, 0.1) is 0 Å². The van der Waals surface area contributed by atoms with Crippen LogP contribution in [0.15, 0.2) is 0 Å². The van der Waals surface area contributed by atoms with Gasteiger partial charge in [-0.1, -0.05) is 0 Å². The van der Waals surface area contributed by atoms with E-state index in [1.54, 1.807) is 18.8 Å². The maximum absolute atomic E-state index is 10.4. The Balaban J connectivity index is 0. The molecule has 0 aliphatic rings. The zero-order chi connectivity index (χ0) is 7.98. The predicted molar refractivity (Wildman–Crippen MR) is 58.9 cm³/mol. The minimum atomic E-state index is -0.767. The van der Waals surface area contributed by atoms with Crippen molar-refractivity contribution < 1.29 is 9.90 Å². The summed E-state index contributed by atoms with van der Waals surface area (Å²) in [6, 6.07) is -0.382. The van der Waals surface area contributed by atoms with Crippen LogP contribution in [-0.2, 0) is 4.79 Å². The lowest BCUT2D eigenvalue weighted by Gasteiger charge is -2.08. The molecule has 11 heavy (non-hydrogen) atoms. The quantitative estimate of drug-likeness (QED) is 0.743. The fourth-order valence-electron chi connectivity index (χ4n) is 0.627. The van der Waals surface area contributed by atoms with Gasteiger partial charge >= 0.3 is 5.97 Å². The molecule has 0 aromatic heterocycles. The third-order valence-electron chi connectivity index (χ3n) is 1.26. The molecule has 0 spiro atoms. The highest BCUT2D eigenvalue weighted by Gasteiger charge is 2.12. The number of likely N-dealkylation sites (N-methyl/N-ethyl adjacent to an activating group) is 1. The van der Waals surface area contributed by atoms with Crippen LogP contribution in [0.1, 0.15) is 6.42 Å². The van der Waals surface area contributed by atoms with Gasteiger partial charge in [0.2, 0.25) is 0 Å². The number of nitrogens with one attached hydrogen (secondary N) is 1. The molecule has 0 rings (SSSR count). The summed E-state index contributed by atoms with van der Waals surface area (Å²) in [5, 5.41) is 11.3. The normalized spacial score (nSPS) is 11.8. The fraction of sp³-hybridized carbons (Fsp3) is 0.833. The van der Waals surface area contributed by atoms with Crippen molar-refractivity contribution in [2.75, 3.05) is 19.1 Å². The summed E-state index contributed by atoms with van der Waals surface area (Å²) >= 11 is 1.66. The number of halogens is 1. The third kappa shape index (κ3) is 6.89. The smallest absolute Gasteiger partial charge is 0.320 e. The Morgan fingerprint density at radius 3 is 2.55 bits per heavy atom. The van der Waals surface area contributed by atoms with Gasteiger partial charge in [-0.05, 0) is 25.5 Å². The summed E-state index contributed by atoms with van der Waals surface area (Å²) < 4.78 is 0. The molecule has 3 nitrogen and oxygen atoms in total. The number of carbonyl (C=O) groups is 1. The first-order valence-electron chi connectivity index (χ1n) is 3.11. The highest BCUT2D eigenvalue weighted by Crippen LogP contribution is 1.99. The molecule has 5 heteroatoms. The highest BCUT2D eigenvalue weighted by atomic mass is 127. The molecule has 0 heterocycles. The monoisotopic (exact) mass is 291 g/mol. The van der Waals surface area contributed by atoms with E-state index in [2.05, 4.69) is 5.32 Å². The Kier molecular flexibility index (Phi) is 11.0. The van der Waals surface area contributed by atoms with E-state index in [0.717, 1.165) is 5.75 Å². The van der Waals surface area contributed by atoms with Crippen molar-refractivity contribution in [2.45, 2.75) is 12.5 Å². The second kappa shape index (κ2) is 8.61. The standard InChI is InChI=1S/C6H13NO2S.HI/c1-7-5(6(8)9)3-4-10-2;/h5,7H,3-4H2,1-2H3,(H,8,9);1H. The first kappa shape index (κ1) is 14.1. The van der Waals surface area contributed by atoms with Gasteiger partial charge in [0.25, 0.3) is 0 Å². The Labute approximate surface area is 88.3 Å². The van der Waals surface area contributed by atoms with Crippen LogP contribution in [-0.4, -0.2) is 36.2 Å². The molecule has 68 valence electrons. The molecule has 0 amide bonds. The van der Waals surface area contributed by atoms with E-state index in [0.29, 0.717) is 6.42 Å². The molecule has 0 aromatic carbocycles. The van der Waals surface area contributed by atoms with Crippen LogP contribution >= 0.6 is 35.7 Å². The van der Waals surface area contributed by atoms with Crippen LogP contribution < -0.4 is 5.32 Å². The van der Waals surface area contributed by atoms with Crippen LogP contribution in [0.5, 0.6) is 0 Å². The number of carboxylic acids is 1. The van der Waals surface area contributed by atoms with E-state index < -0.39 is 5.97 Å². The van der Waals surface area contributed by atoms with Gasteiger partial charge in [-0.2, -0.15) is 11.8 Å². The van der Waals surface area contributed by atoms with Crippen LogP contribution in [0.25, 0.3) is 0 Å². The molecule has 1 atom stereocenters. The van der Waals surface area contributed by atoms with E-state index in [4.69, 9.17) is 5.11 Å². The third-order valence-corrected chi connectivity index (χ3v) is 1.90. The summed E-state index contributed by atoms with van der Waals surface area (Å²) in [7, 11) is 1.67. The second-order valence-electron chi connectivity index (χ2n) is 1.96. The molecular formula is C6H14INO2S. The lowest BCUT2D eigenvalue weighted by molar-refractivity contribution is -0.139. The summed E-state index contributed by atoms with van der Waals surface area (Å²) in [5.74, 6) is 0.120. The van der Waals surface area contributed by atoms with E-state index in [1.165, 1.54) is 0 Å². The zero-order valence-electron chi connectivity index (χ0n) is 6.66. The summed E-state index contributed by atoms with van der Waals surface area (Å²) in [6.07, 6.45) is 2.65. The number of rotatable bonds is 5. The molecular weight excluding hydrogens is 277 g/mol.